The summed E-state index contributed by atoms with van der Waals surface area (Å²) < 4.78 is 13.0. The fourth-order valence-corrected chi connectivity index (χ4v) is 3.15. The van der Waals surface area contributed by atoms with Crippen LogP contribution in [0.5, 0.6) is 11.5 Å². The van der Waals surface area contributed by atoms with Gasteiger partial charge in [0, 0.05) is 34.3 Å². The van der Waals surface area contributed by atoms with Crippen LogP contribution in [-0.2, 0) is 0 Å². The fourth-order valence-electron chi connectivity index (χ4n) is 3.15. The molecule has 0 spiro atoms. The second-order valence-electron chi connectivity index (χ2n) is 6.26. The maximum absolute atomic E-state index is 12.1. The molecule has 136 valence electrons. The van der Waals surface area contributed by atoms with Gasteiger partial charge in [0.1, 0.15) is 0 Å². The van der Waals surface area contributed by atoms with E-state index < -0.39 is 0 Å². The number of hydrogen-bond acceptors (Lipinski definition) is 4. The van der Waals surface area contributed by atoms with Crippen LogP contribution in [-0.4, -0.2) is 23.5 Å². The Morgan fingerprint density at radius 1 is 1.07 bits per heavy atom. The topological polar surface area (TPSA) is 64.9 Å². The van der Waals surface area contributed by atoms with Crippen LogP contribution in [0.15, 0.2) is 59.7 Å². The number of ether oxygens (including phenoxy) is 2. The number of nitrogens with one attached hydrogen (secondary N) is 1. The molecule has 0 radical (unpaired) electrons. The normalized spacial score (nSPS) is 12.5. The predicted octanol–water partition coefficient (Wildman–Crippen LogP) is 3.59. The summed E-state index contributed by atoms with van der Waals surface area (Å²) in [6.07, 6.45) is 1.66. The minimum Gasteiger partial charge on any atom is -0.454 e. The van der Waals surface area contributed by atoms with E-state index in [4.69, 9.17) is 9.47 Å². The molecule has 2 heterocycles. The van der Waals surface area contributed by atoms with Crippen LogP contribution >= 0.6 is 0 Å². The molecule has 1 aliphatic heterocycles. The zero-order chi connectivity index (χ0) is 18.8. The van der Waals surface area contributed by atoms with E-state index in [-0.39, 0.29) is 12.7 Å². The third-order valence-corrected chi connectivity index (χ3v) is 4.49. The van der Waals surface area contributed by atoms with Crippen molar-refractivity contribution in [1.82, 2.24) is 9.99 Å². The highest BCUT2D eigenvalue weighted by Gasteiger charge is 2.16. The van der Waals surface area contributed by atoms with Crippen LogP contribution in [0.1, 0.15) is 27.3 Å². The van der Waals surface area contributed by atoms with Crippen molar-refractivity contribution in [2.75, 3.05) is 6.79 Å². The molecule has 1 amide bonds. The molecule has 2 aromatic carbocycles. The molecule has 3 aromatic rings. The number of nitrogens with zero attached hydrogens (tertiary/aromatic N) is 2. The molecule has 0 bridgehead atoms. The monoisotopic (exact) mass is 361 g/mol. The molecule has 0 aliphatic carbocycles. The molecule has 27 heavy (non-hydrogen) atoms. The summed E-state index contributed by atoms with van der Waals surface area (Å²) in [5.74, 6) is 1.26. The van der Waals surface area contributed by atoms with Gasteiger partial charge in [-0.15, -0.1) is 0 Å². The second-order valence-corrected chi connectivity index (χ2v) is 6.26. The summed E-state index contributed by atoms with van der Waals surface area (Å²) in [5, 5.41) is 4.10. The van der Waals surface area contributed by atoms with Crippen molar-refractivity contribution in [3.05, 3.63) is 77.1 Å². The van der Waals surface area contributed by atoms with Gasteiger partial charge >= 0.3 is 0 Å². The Kier molecular flexibility index (Phi) is 4.38. The van der Waals surface area contributed by atoms with E-state index >= 15 is 0 Å². The highest BCUT2D eigenvalue weighted by atomic mass is 16.7. The number of hydrogen-bond donors (Lipinski definition) is 1. The first kappa shape index (κ1) is 16.9. The largest absolute Gasteiger partial charge is 0.454 e. The molecule has 6 nitrogen and oxygen atoms in total. The molecular formula is C21H19N3O3. The second kappa shape index (κ2) is 6.99. The van der Waals surface area contributed by atoms with E-state index in [2.05, 4.69) is 15.1 Å². The van der Waals surface area contributed by atoms with Gasteiger partial charge in [0.15, 0.2) is 11.5 Å². The third-order valence-electron chi connectivity index (χ3n) is 4.49. The van der Waals surface area contributed by atoms with Gasteiger partial charge in [-0.1, -0.05) is 18.2 Å². The number of hydrazone groups is 1. The summed E-state index contributed by atoms with van der Waals surface area (Å²) >= 11 is 0. The van der Waals surface area contributed by atoms with Crippen molar-refractivity contribution in [3.63, 3.8) is 0 Å². The van der Waals surface area contributed by atoms with Crippen LogP contribution in [0, 0.1) is 13.8 Å². The number of rotatable bonds is 4. The lowest BCUT2D eigenvalue weighted by atomic mass is 10.2. The lowest BCUT2D eigenvalue weighted by Gasteiger charge is -2.10. The van der Waals surface area contributed by atoms with E-state index in [0.29, 0.717) is 5.56 Å². The molecule has 0 atom stereocenters. The summed E-state index contributed by atoms with van der Waals surface area (Å²) in [6, 6.07) is 16.9. The van der Waals surface area contributed by atoms with Gasteiger partial charge in [-0.25, -0.2) is 5.43 Å². The molecule has 0 saturated heterocycles. The number of aryl methyl sites for hydroxylation is 1. The Balaban J connectivity index is 1.55. The lowest BCUT2D eigenvalue weighted by Crippen LogP contribution is -2.17. The Morgan fingerprint density at radius 3 is 2.67 bits per heavy atom. The summed E-state index contributed by atoms with van der Waals surface area (Å²) in [5.41, 5.74) is 7.12. The lowest BCUT2D eigenvalue weighted by molar-refractivity contribution is 0.0955. The Hall–Kier alpha value is -3.54. The Morgan fingerprint density at radius 2 is 1.85 bits per heavy atom. The standard InChI is InChI=1S/C21H19N3O3/c1-14-10-17(12-22-23-21(25)16-6-4-3-5-7-16)15(2)24(14)18-8-9-19-20(11-18)27-13-26-19/h3-12H,13H2,1-2H3,(H,23,25)/b22-12+. The van der Waals surface area contributed by atoms with E-state index in [1.165, 1.54) is 0 Å². The maximum atomic E-state index is 12.1. The number of fused-ring (bicyclic) bond motifs is 1. The Bertz CT molecular complexity index is 1020. The van der Waals surface area contributed by atoms with Gasteiger partial charge in [-0.2, -0.15) is 5.10 Å². The molecule has 1 aliphatic rings. The molecule has 0 unspecified atom stereocenters. The van der Waals surface area contributed by atoms with Crippen molar-refractivity contribution in [2.24, 2.45) is 5.10 Å². The zero-order valence-electron chi connectivity index (χ0n) is 15.1. The molecule has 4 rings (SSSR count). The molecular weight excluding hydrogens is 342 g/mol. The first-order valence-electron chi connectivity index (χ1n) is 8.61. The highest BCUT2D eigenvalue weighted by Crippen LogP contribution is 2.34. The quantitative estimate of drug-likeness (QED) is 0.571. The van der Waals surface area contributed by atoms with Crippen molar-refractivity contribution < 1.29 is 14.3 Å². The number of carbonyl (C=O) groups excluding carboxylic acids is 1. The van der Waals surface area contributed by atoms with Crippen LogP contribution in [0.25, 0.3) is 5.69 Å². The van der Waals surface area contributed by atoms with Gasteiger partial charge in [-0.05, 0) is 44.2 Å². The van der Waals surface area contributed by atoms with Crippen LogP contribution in [0.2, 0.25) is 0 Å². The van der Waals surface area contributed by atoms with Gasteiger partial charge in [0.05, 0.1) is 6.21 Å². The summed E-state index contributed by atoms with van der Waals surface area (Å²) in [6.45, 7) is 4.29. The highest BCUT2D eigenvalue weighted by molar-refractivity contribution is 5.94. The number of benzene rings is 2. The number of carbonyl (C=O) groups is 1. The van der Waals surface area contributed by atoms with Crippen LogP contribution in [0.4, 0.5) is 0 Å². The van der Waals surface area contributed by atoms with Crippen LogP contribution < -0.4 is 14.9 Å². The first-order chi connectivity index (χ1) is 13.1. The summed E-state index contributed by atoms with van der Waals surface area (Å²) in [4.78, 5) is 12.1. The number of aromatic nitrogens is 1. The average molecular weight is 361 g/mol. The minimum absolute atomic E-state index is 0.239. The van der Waals surface area contributed by atoms with Crippen molar-refractivity contribution >= 4 is 12.1 Å². The van der Waals surface area contributed by atoms with Gasteiger partial charge in [0.2, 0.25) is 6.79 Å². The predicted molar refractivity (Wildman–Crippen MR) is 103 cm³/mol. The third kappa shape index (κ3) is 3.29. The van der Waals surface area contributed by atoms with E-state index in [1.54, 1.807) is 18.3 Å². The van der Waals surface area contributed by atoms with Crippen molar-refractivity contribution in [3.8, 4) is 17.2 Å². The minimum atomic E-state index is -0.239. The van der Waals surface area contributed by atoms with Gasteiger partial charge in [-0.3, -0.25) is 4.79 Å². The van der Waals surface area contributed by atoms with Crippen molar-refractivity contribution in [2.45, 2.75) is 13.8 Å². The van der Waals surface area contributed by atoms with E-state index in [9.17, 15) is 4.79 Å². The first-order valence-corrected chi connectivity index (χ1v) is 8.61. The Labute approximate surface area is 157 Å². The van der Waals surface area contributed by atoms with E-state index in [0.717, 1.165) is 34.1 Å². The molecule has 0 saturated carbocycles. The van der Waals surface area contributed by atoms with Gasteiger partial charge < -0.3 is 14.0 Å². The molecule has 0 fully saturated rings. The van der Waals surface area contributed by atoms with Crippen molar-refractivity contribution in [1.29, 1.82) is 0 Å². The van der Waals surface area contributed by atoms with E-state index in [1.807, 2.05) is 56.3 Å². The average Bonchev–Trinajstić information content (AvgIpc) is 3.26. The summed E-state index contributed by atoms with van der Waals surface area (Å²) in [7, 11) is 0. The zero-order valence-corrected chi connectivity index (χ0v) is 15.1. The molecule has 1 N–H and O–H groups in total. The smallest absolute Gasteiger partial charge is 0.271 e. The number of amides is 1. The SMILES string of the molecule is Cc1cc(/C=N/NC(=O)c2ccccc2)c(C)n1-c1ccc2c(c1)OCO2. The molecule has 1 aromatic heterocycles. The fraction of sp³-hybridized carbons (Fsp3) is 0.143. The molecule has 6 heteroatoms. The maximum Gasteiger partial charge on any atom is 0.271 e. The van der Waals surface area contributed by atoms with Crippen LogP contribution in [0.3, 0.4) is 0 Å². The van der Waals surface area contributed by atoms with Gasteiger partial charge in [0.25, 0.3) is 5.91 Å².